The van der Waals surface area contributed by atoms with E-state index in [0.29, 0.717) is 5.92 Å². The number of hydrogen-bond acceptors (Lipinski definition) is 2. The summed E-state index contributed by atoms with van der Waals surface area (Å²) in [7, 11) is 0. The van der Waals surface area contributed by atoms with Crippen LogP contribution in [0.3, 0.4) is 0 Å². The van der Waals surface area contributed by atoms with Gasteiger partial charge in [-0.25, -0.2) is 4.98 Å². The van der Waals surface area contributed by atoms with Crippen molar-refractivity contribution in [1.29, 1.82) is 0 Å². The topological polar surface area (TPSA) is 54.7 Å². The zero-order valence-corrected chi connectivity index (χ0v) is 10.6. The van der Waals surface area contributed by atoms with Crippen LogP contribution in [0.1, 0.15) is 31.4 Å². The number of H-pyrrole nitrogens is 1. The molecule has 2 rings (SSSR count). The highest BCUT2D eigenvalue weighted by atomic mass is 15.0. The van der Waals surface area contributed by atoms with E-state index in [1.807, 2.05) is 25.1 Å². The lowest BCUT2D eigenvalue weighted by molar-refractivity contribution is 0.494. The minimum atomic E-state index is -0.0360. The monoisotopic (exact) mass is 229 g/mol. The summed E-state index contributed by atoms with van der Waals surface area (Å²) in [4.78, 5) is 7.91. The lowest BCUT2D eigenvalue weighted by Crippen LogP contribution is -2.18. The molecular weight excluding hydrogens is 210 g/mol. The number of rotatable bonds is 3. The highest BCUT2D eigenvalue weighted by molar-refractivity contribution is 5.61. The van der Waals surface area contributed by atoms with Crippen LogP contribution in [0.25, 0.3) is 11.3 Å². The summed E-state index contributed by atoms with van der Waals surface area (Å²) < 4.78 is 0. The number of aryl methyl sites for hydroxylation is 1. The maximum Gasteiger partial charge on any atom is 0.124 e. The molecule has 3 N–H and O–H groups in total. The first-order chi connectivity index (χ1) is 8.09. The molecule has 0 unspecified atom stereocenters. The Bertz CT molecular complexity index is 485. The fourth-order valence-electron chi connectivity index (χ4n) is 1.83. The van der Waals surface area contributed by atoms with E-state index in [2.05, 4.69) is 35.9 Å². The molecule has 0 saturated heterocycles. The van der Waals surface area contributed by atoms with Crippen molar-refractivity contribution in [3.05, 3.63) is 41.9 Å². The molecule has 0 aliphatic rings. The number of benzene rings is 1. The molecule has 2 aromatic rings. The van der Waals surface area contributed by atoms with Gasteiger partial charge in [-0.05, 0) is 12.8 Å². The number of imidazole rings is 1. The Kier molecular flexibility index (Phi) is 3.29. The fraction of sp³-hybridized carbons (Fsp3) is 0.357. The van der Waals surface area contributed by atoms with Crippen LogP contribution in [0.15, 0.2) is 30.3 Å². The number of aromatic amines is 1. The van der Waals surface area contributed by atoms with Gasteiger partial charge in [0.15, 0.2) is 0 Å². The van der Waals surface area contributed by atoms with Crippen LogP contribution in [-0.2, 0) is 0 Å². The third-order valence-electron chi connectivity index (χ3n) is 2.98. The molecule has 1 heterocycles. The van der Waals surface area contributed by atoms with Gasteiger partial charge in [0.25, 0.3) is 0 Å². The molecule has 0 aliphatic carbocycles. The molecule has 0 bridgehead atoms. The molecule has 17 heavy (non-hydrogen) atoms. The van der Waals surface area contributed by atoms with Gasteiger partial charge in [-0.3, -0.25) is 0 Å². The van der Waals surface area contributed by atoms with Crippen molar-refractivity contribution in [3.8, 4) is 11.3 Å². The van der Waals surface area contributed by atoms with Gasteiger partial charge in [-0.15, -0.1) is 0 Å². The van der Waals surface area contributed by atoms with Crippen LogP contribution < -0.4 is 5.73 Å². The van der Waals surface area contributed by atoms with Gasteiger partial charge in [-0.2, -0.15) is 0 Å². The highest BCUT2D eigenvalue weighted by Gasteiger charge is 2.16. The van der Waals surface area contributed by atoms with Crippen LogP contribution in [0, 0.1) is 12.8 Å². The Morgan fingerprint density at radius 2 is 1.82 bits per heavy atom. The summed E-state index contributed by atoms with van der Waals surface area (Å²) in [5.74, 6) is 1.25. The first-order valence-corrected chi connectivity index (χ1v) is 5.97. The molecule has 0 aliphatic heterocycles. The van der Waals surface area contributed by atoms with Crippen molar-refractivity contribution < 1.29 is 0 Å². The smallest absolute Gasteiger partial charge is 0.124 e. The van der Waals surface area contributed by atoms with E-state index in [1.165, 1.54) is 0 Å². The zero-order valence-electron chi connectivity index (χ0n) is 10.6. The molecule has 0 saturated carbocycles. The molecule has 1 aromatic carbocycles. The second-order valence-electron chi connectivity index (χ2n) is 4.73. The van der Waals surface area contributed by atoms with E-state index >= 15 is 0 Å². The third-order valence-corrected chi connectivity index (χ3v) is 2.98. The van der Waals surface area contributed by atoms with Gasteiger partial charge in [0.1, 0.15) is 5.82 Å². The summed E-state index contributed by atoms with van der Waals surface area (Å²) in [5.41, 5.74) is 9.30. The molecule has 0 fully saturated rings. The molecule has 0 amide bonds. The van der Waals surface area contributed by atoms with Gasteiger partial charge < -0.3 is 10.7 Å². The highest BCUT2D eigenvalue weighted by Crippen LogP contribution is 2.24. The third kappa shape index (κ3) is 2.39. The Morgan fingerprint density at radius 1 is 1.18 bits per heavy atom. The molecule has 3 nitrogen and oxygen atoms in total. The maximum atomic E-state index is 6.10. The predicted octanol–water partition coefficient (Wildman–Crippen LogP) is 3.04. The molecule has 1 atom stereocenters. The SMILES string of the molecule is Cc1[nH]c([C@@H](N)C(C)C)nc1-c1ccccc1. The summed E-state index contributed by atoms with van der Waals surface area (Å²) in [6.45, 7) is 6.24. The summed E-state index contributed by atoms with van der Waals surface area (Å²) in [6, 6.07) is 10.1. The summed E-state index contributed by atoms with van der Waals surface area (Å²) >= 11 is 0. The van der Waals surface area contributed by atoms with Crippen molar-refractivity contribution in [2.24, 2.45) is 11.7 Å². The Hall–Kier alpha value is -1.61. The van der Waals surface area contributed by atoms with E-state index in [4.69, 9.17) is 5.73 Å². The average Bonchev–Trinajstić information content (AvgIpc) is 2.71. The van der Waals surface area contributed by atoms with Crippen LogP contribution in [0.2, 0.25) is 0 Å². The zero-order chi connectivity index (χ0) is 12.4. The lowest BCUT2D eigenvalue weighted by atomic mass is 10.1. The van der Waals surface area contributed by atoms with Gasteiger partial charge in [0, 0.05) is 11.3 Å². The average molecular weight is 229 g/mol. The van der Waals surface area contributed by atoms with Crippen molar-refractivity contribution in [2.75, 3.05) is 0 Å². The van der Waals surface area contributed by atoms with E-state index in [1.54, 1.807) is 0 Å². The number of aromatic nitrogens is 2. The standard InChI is InChI=1S/C14H19N3/c1-9(2)12(15)14-16-10(3)13(17-14)11-7-5-4-6-8-11/h4-9,12H,15H2,1-3H3,(H,16,17)/t12-/m0/s1. The predicted molar refractivity (Wildman–Crippen MR) is 70.5 cm³/mol. The van der Waals surface area contributed by atoms with Crippen LogP contribution in [-0.4, -0.2) is 9.97 Å². The van der Waals surface area contributed by atoms with Crippen molar-refractivity contribution in [3.63, 3.8) is 0 Å². The lowest BCUT2D eigenvalue weighted by Gasteiger charge is -2.11. The van der Waals surface area contributed by atoms with E-state index in [9.17, 15) is 0 Å². The normalized spacial score (nSPS) is 13.0. The van der Waals surface area contributed by atoms with Crippen LogP contribution >= 0.6 is 0 Å². The molecule has 90 valence electrons. The maximum absolute atomic E-state index is 6.10. The number of nitrogens with one attached hydrogen (secondary N) is 1. The minimum absolute atomic E-state index is 0.0360. The number of nitrogens with two attached hydrogens (primary N) is 1. The minimum Gasteiger partial charge on any atom is -0.344 e. The van der Waals surface area contributed by atoms with E-state index in [-0.39, 0.29) is 6.04 Å². The van der Waals surface area contributed by atoms with Crippen LogP contribution in [0.5, 0.6) is 0 Å². The van der Waals surface area contributed by atoms with E-state index < -0.39 is 0 Å². The molecule has 3 heteroatoms. The Morgan fingerprint density at radius 3 is 2.41 bits per heavy atom. The van der Waals surface area contributed by atoms with Gasteiger partial charge in [-0.1, -0.05) is 44.2 Å². The van der Waals surface area contributed by atoms with Gasteiger partial charge in [0.2, 0.25) is 0 Å². The van der Waals surface area contributed by atoms with Crippen molar-refractivity contribution in [1.82, 2.24) is 9.97 Å². The Labute approximate surface area is 102 Å². The van der Waals surface area contributed by atoms with Gasteiger partial charge in [0.05, 0.1) is 11.7 Å². The first-order valence-electron chi connectivity index (χ1n) is 5.97. The second-order valence-corrected chi connectivity index (χ2v) is 4.73. The first kappa shape index (κ1) is 11.9. The van der Waals surface area contributed by atoms with Crippen molar-refractivity contribution >= 4 is 0 Å². The largest absolute Gasteiger partial charge is 0.344 e. The molecular formula is C14H19N3. The molecule has 0 spiro atoms. The van der Waals surface area contributed by atoms with E-state index in [0.717, 1.165) is 22.8 Å². The Balaban J connectivity index is 2.38. The fourth-order valence-corrected chi connectivity index (χ4v) is 1.83. The van der Waals surface area contributed by atoms with Gasteiger partial charge >= 0.3 is 0 Å². The summed E-state index contributed by atoms with van der Waals surface area (Å²) in [6.07, 6.45) is 0. The number of hydrogen-bond donors (Lipinski definition) is 2. The summed E-state index contributed by atoms with van der Waals surface area (Å²) in [5, 5.41) is 0. The second kappa shape index (κ2) is 4.72. The molecule has 1 aromatic heterocycles. The number of nitrogens with zero attached hydrogens (tertiary/aromatic N) is 1. The molecule has 0 radical (unpaired) electrons. The quantitative estimate of drug-likeness (QED) is 0.850. The van der Waals surface area contributed by atoms with Crippen molar-refractivity contribution in [2.45, 2.75) is 26.8 Å². The van der Waals surface area contributed by atoms with Crippen LogP contribution in [0.4, 0.5) is 0 Å².